The Kier molecular flexibility index (Phi) is 3.39. The smallest absolute Gasteiger partial charge is 0.128 e. The Morgan fingerprint density at radius 1 is 0.789 bits per heavy atom. The van der Waals surface area contributed by atoms with Gasteiger partial charge in [-0.2, -0.15) is 0 Å². The van der Waals surface area contributed by atoms with Crippen LogP contribution in [0.2, 0.25) is 0 Å². The SMILES string of the molecule is ClCc1cccc2ccc(Oc3ccccc3)cc12. The summed E-state index contributed by atoms with van der Waals surface area (Å²) in [6.07, 6.45) is 0. The first kappa shape index (κ1) is 12.1. The van der Waals surface area contributed by atoms with Gasteiger partial charge < -0.3 is 4.74 Å². The lowest BCUT2D eigenvalue weighted by Crippen LogP contribution is -1.86. The molecule has 0 spiro atoms. The Morgan fingerprint density at radius 3 is 2.42 bits per heavy atom. The van der Waals surface area contributed by atoms with E-state index in [1.807, 2.05) is 54.6 Å². The van der Waals surface area contributed by atoms with Crippen LogP contribution in [0.15, 0.2) is 66.7 Å². The van der Waals surface area contributed by atoms with E-state index in [9.17, 15) is 0 Å². The third kappa shape index (κ3) is 2.56. The monoisotopic (exact) mass is 268 g/mol. The lowest BCUT2D eigenvalue weighted by Gasteiger charge is -2.08. The molecule has 1 nitrogen and oxygen atoms in total. The minimum absolute atomic E-state index is 0.506. The number of para-hydroxylation sites is 1. The van der Waals surface area contributed by atoms with E-state index in [2.05, 4.69) is 12.1 Å². The van der Waals surface area contributed by atoms with Crippen LogP contribution in [0.3, 0.4) is 0 Å². The molecule has 19 heavy (non-hydrogen) atoms. The number of hydrogen-bond donors (Lipinski definition) is 0. The molecule has 0 aliphatic rings. The van der Waals surface area contributed by atoms with Gasteiger partial charge in [0.15, 0.2) is 0 Å². The van der Waals surface area contributed by atoms with Gasteiger partial charge in [-0.15, -0.1) is 11.6 Å². The van der Waals surface area contributed by atoms with Gasteiger partial charge in [0.1, 0.15) is 11.5 Å². The summed E-state index contributed by atoms with van der Waals surface area (Å²) in [7, 11) is 0. The summed E-state index contributed by atoms with van der Waals surface area (Å²) in [6, 6.07) is 22.0. The van der Waals surface area contributed by atoms with E-state index < -0.39 is 0 Å². The first-order chi connectivity index (χ1) is 9.36. The molecule has 94 valence electrons. The lowest BCUT2D eigenvalue weighted by atomic mass is 10.1. The quantitative estimate of drug-likeness (QED) is 0.580. The lowest BCUT2D eigenvalue weighted by molar-refractivity contribution is 0.483. The molecule has 0 aliphatic heterocycles. The maximum Gasteiger partial charge on any atom is 0.128 e. The molecule has 0 bridgehead atoms. The first-order valence-corrected chi connectivity index (χ1v) is 6.71. The topological polar surface area (TPSA) is 9.23 Å². The fourth-order valence-electron chi connectivity index (χ4n) is 2.12. The van der Waals surface area contributed by atoms with E-state index in [-0.39, 0.29) is 0 Å². The standard InChI is InChI=1S/C17H13ClO/c18-12-14-6-4-5-13-9-10-16(11-17(13)14)19-15-7-2-1-3-8-15/h1-11H,12H2. The van der Waals surface area contributed by atoms with Crippen molar-refractivity contribution in [2.45, 2.75) is 5.88 Å². The average molecular weight is 269 g/mol. The van der Waals surface area contributed by atoms with Crippen molar-refractivity contribution >= 4 is 22.4 Å². The molecule has 3 aromatic carbocycles. The third-order valence-electron chi connectivity index (χ3n) is 3.07. The van der Waals surface area contributed by atoms with E-state index in [1.54, 1.807) is 0 Å². The highest BCUT2D eigenvalue weighted by atomic mass is 35.5. The second-order valence-electron chi connectivity index (χ2n) is 4.35. The van der Waals surface area contributed by atoms with E-state index in [0.717, 1.165) is 22.4 Å². The molecule has 0 heterocycles. The van der Waals surface area contributed by atoms with Gasteiger partial charge >= 0.3 is 0 Å². The van der Waals surface area contributed by atoms with Crippen LogP contribution in [-0.2, 0) is 5.88 Å². The summed E-state index contributed by atoms with van der Waals surface area (Å²) in [5.74, 6) is 2.17. The van der Waals surface area contributed by atoms with Gasteiger partial charge in [-0.3, -0.25) is 0 Å². The number of halogens is 1. The van der Waals surface area contributed by atoms with Crippen LogP contribution in [-0.4, -0.2) is 0 Å². The van der Waals surface area contributed by atoms with Gasteiger partial charge in [0.25, 0.3) is 0 Å². The van der Waals surface area contributed by atoms with Crippen molar-refractivity contribution in [2.24, 2.45) is 0 Å². The maximum atomic E-state index is 5.98. The Hall–Kier alpha value is -1.99. The van der Waals surface area contributed by atoms with Crippen LogP contribution >= 0.6 is 11.6 Å². The van der Waals surface area contributed by atoms with Gasteiger partial charge in [-0.05, 0) is 40.6 Å². The Labute approximate surface area is 117 Å². The Bertz CT molecular complexity index is 692. The summed E-state index contributed by atoms with van der Waals surface area (Å²) in [4.78, 5) is 0. The van der Waals surface area contributed by atoms with Crippen LogP contribution in [0.5, 0.6) is 11.5 Å². The molecule has 2 heteroatoms. The van der Waals surface area contributed by atoms with Crippen LogP contribution in [0.4, 0.5) is 0 Å². The summed E-state index contributed by atoms with van der Waals surface area (Å²) in [5, 5.41) is 2.32. The number of fused-ring (bicyclic) bond motifs is 1. The summed E-state index contributed by atoms with van der Waals surface area (Å²) in [5.41, 5.74) is 1.12. The molecular formula is C17H13ClO. The van der Waals surface area contributed by atoms with Crippen molar-refractivity contribution in [3.8, 4) is 11.5 Å². The molecule has 0 fully saturated rings. The van der Waals surface area contributed by atoms with Crippen LogP contribution in [0.1, 0.15) is 5.56 Å². The largest absolute Gasteiger partial charge is 0.457 e. The van der Waals surface area contributed by atoms with Gasteiger partial charge in [0, 0.05) is 5.88 Å². The molecule has 3 rings (SSSR count). The number of hydrogen-bond acceptors (Lipinski definition) is 1. The molecule has 0 amide bonds. The minimum atomic E-state index is 0.506. The third-order valence-corrected chi connectivity index (χ3v) is 3.35. The van der Waals surface area contributed by atoms with Gasteiger partial charge in [-0.25, -0.2) is 0 Å². The highest BCUT2D eigenvalue weighted by Gasteiger charge is 2.03. The predicted octanol–water partition coefficient (Wildman–Crippen LogP) is 5.37. The zero-order valence-electron chi connectivity index (χ0n) is 10.3. The molecule has 0 aromatic heterocycles. The van der Waals surface area contributed by atoms with E-state index in [1.165, 1.54) is 5.39 Å². The molecule has 0 atom stereocenters. The molecule has 0 N–H and O–H groups in total. The number of alkyl halides is 1. The molecule has 0 saturated heterocycles. The van der Waals surface area contributed by atoms with Crippen molar-refractivity contribution in [2.75, 3.05) is 0 Å². The molecule has 0 saturated carbocycles. The van der Waals surface area contributed by atoms with Crippen molar-refractivity contribution < 1.29 is 4.74 Å². The van der Waals surface area contributed by atoms with Crippen molar-refractivity contribution in [1.82, 2.24) is 0 Å². The van der Waals surface area contributed by atoms with E-state index >= 15 is 0 Å². The van der Waals surface area contributed by atoms with Crippen molar-refractivity contribution in [1.29, 1.82) is 0 Å². The number of benzene rings is 3. The predicted molar refractivity (Wildman–Crippen MR) is 80.0 cm³/mol. The molecule has 0 aliphatic carbocycles. The highest BCUT2D eigenvalue weighted by molar-refractivity contribution is 6.18. The number of rotatable bonds is 3. The van der Waals surface area contributed by atoms with E-state index in [0.29, 0.717) is 5.88 Å². The normalized spacial score (nSPS) is 10.6. The zero-order chi connectivity index (χ0) is 13.1. The number of ether oxygens (including phenoxy) is 1. The van der Waals surface area contributed by atoms with Crippen LogP contribution < -0.4 is 4.74 Å². The van der Waals surface area contributed by atoms with Crippen LogP contribution in [0.25, 0.3) is 10.8 Å². The highest BCUT2D eigenvalue weighted by Crippen LogP contribution is 2.28. The molecular weight excluding hydrogens is 256 g/mol. The zero-order valence-corrected chi connectivity index (χ0v) is 11.1. The second kappa shape index (κ2) is 5.33. The van der Waals surface area contributed by atoms with Gasteiger partial charge in [0.2, 0.25) is 0 Å². The second-order valence-corrected chi connectivity index (χ2v) is 4.62. The van der Waals surface area contributed by atoms with Gasteiger partial charge in [-0.1, -0.05) is 42.5 Å². The summed E-state index contributed by atoms with van der Waals surface area (Å²) >= 11 is 5.98. The first-order valence-electron chi connectivity index (χ1n) is 6.17. The van der Waals surface area contributed by atoms with Gasteiger partial charge in [0.05, 0.1) is 0 Å². The summed E-state index contributed by atoms with van der Waals surface area (Å²) in [6.45, 7) is 0. The minimum Gasteiger partial charge on any atom is -0.457 e. The fraction of sp³-hybridized carbons (Fsp3) is 0.0588. The fourth-order valence-corrected chi connectivity index (χ4v) is 2.35. The van der Waals surface area contributed by atoms with Crippen LogP contribution in [0, 0.1) is 0 Å². The van der Waals surface area contributed by atoms with E-state index in [4.69, 9.17) is 16.3 Å². The maximum absolute atomic E-state index is 5.98. The Morgan fingerprint density at radius 2 is 1.63 bits per heavy atom. The van der Waals surface area contributed by atoms with Crippen molar-refractivity contribution in [3.05, 3.63) is 72.3 Å². The van der Waals surface area contributed by atoms with Crippen molar-refractivity contribution in [3.63, 3.8) is 0 Å². The average Bonchev–Trinajstić information content (AvgIpc) is 2.47. The Balaban J connectivity index is 2.01. The summed E-state index contributed by atoms with van der Waals surface area (Å²) < 4.78 is 5.84. The molecule has 0 radical (unpaired) electrons. The molecule has 0 unspecified atom stereocenters. The molecule has 3 aromatic rings.